The molecule has 100 valence electrons. The van der Waals surface area contributed by atoms with E-state index in [1.807, 2.05) is 45.2 Å². The average Bonchev–Trinajstić information content (AvgIpc) is 2.36. The predicted molar refractivity (Wildman–Crippen MR) is 75.6 cm³/mol. The first-order valence-corrected chi connectivity index (χ1v) is 6.44. The fourth-order valence-corrected chi connectivity index (χ4v) is 1.78. The maximum atomic E-state index is 12.1. The smallest absolute Gasteiger partial charge is 0.229 e. The largest absolute Gasteiger partial charge is 0.345 e. The minimum Gasteiger partial charge on any atom is -0.345 e. The van der Waals surface area contributed by atoms with Gasteiger partial charge in [-0.15, -0.1) is 0 Å². The average molecular weight is 269 g/mol. The minimum atomic E-state index is -0.491. The Labute approximate surface area is 114 Å². The van der Waals surface area contributed by atoms with Gasteiger partial charge in [-0.2, -0.15) is 0 Å². The van der Waals surface area contributed by atoms with E-state index < -0.39 is 5.41 Å². The van der Waals surface area contributed by atoms with Crippen molar-refractivity contribution < 1.29 is 4.79 Å². The number of hydrogen-bond donors (Lipinski definition) is 1. The second-order valence-corrected chi connectivity index (χ2v) is 5.63. The number of hydrogen-bond acceptors (Lipinski definition) is 2. The third-order valence-corrected chi connectivity index (χ3v) is 3.34. The molecule has 0 spiro atoms. The van der Waals surface area contributed by atoms with E-state index in [1.165, 1.54) is 5.56 Å². The maximum Gasteiger partial charge on any atom is 0.229 e. The summed E-state index contributed by atoms with van der Waals surface area (Å²) in [5.74, 6) is 0.0824. The van der Waals surface area contributed by atoms with Crippen LogP contribution in [-0.4, -0.2) is 30.9 Å². The van der Waals surface area contributed by atoms with E-state index in [4.69, 9.17) is 17.3 Å². The molecule has 0 saturated heterocycles. The highest BCUT2D eigenvalue weighted by molar-refractivity contribution is 6.30. The molecule has 1 amide bonds. The lowest BCUT2D eigenvalue weighted by atomic mass is 9.92. The van der Waals surface area contributed by atoms with Crippen LogP contribution in [0.4, 0.5) is 0 Å². The molecule has 0 aromatic heterocycles. The highest BCUT2D eigenvalue weighted by Gasteiger charge is 2.28. The SMILES string of the molecule is CN(CCc1ccc(Cl)cc1)C(=O)C(C)(C)CN. The molecule has 0 aliphatic rings. The van der Waals surface area contributed by atoms with Crippen LogP contribution in [0.5, 0.6) is 0 Å². The first-order valence-electron chi connectivity index (χ1n) is 6.07. The third kappa shape index (κ3) is 4.00. The molecule has 0 unspecified atom stereocenters. The van der Waals surface area contributed by atoms with Gasteiger partial charge < -0.3 is 10.6 Å². The Kier molecular flexibility index (Phi) is 5.17. The summed E-state index contributed by atoms with van der Waals surface area (Å²) in [6.45, 7) is 4.78. The van der Waals surface area contributed by atoms with Crippen molar-refractivity contribution in [2.24, 2.45) is 11.1 Å². The number of amides is 1. The van der Waals surface area contributed by atoms with Gasteiger partial charge in [-0.25, -0.2) is 0 Å². The molecule has 0 aliphatic heterocycles. The lowest BCUT2D eigenvalue weighted by Gasteiger charge is -2.28. The number of nitrogens with zero attached hydrogens (tertiary/aromatic N) is 1. The van der Waals surface area contributed by atoms with Crippen molar-refractivity contribution in [1.82, 2.24) is 4.90 Å². The van der Waals surface area contributed by atoms with Gasteiger partial charge in [-0.05, 0) is 38.0 Å². The van der Waals surface area contributed by atoms with Crippen LogP contribution in [0.15, 0.2) is 24.3 Å². The Balaban J connectivity index is 2.53. The summed E-state index contributed by atoms with van der Waals surface area (Å²) in [4.78, 5) is 13.8. The van der Waals surface area contributed by atoms with Crippen molar-refractivity contribution in [1.29, 1.82) is 0 Å². The van der Waals surface area contributed by atoms with Gasteiger partial charge in [0, 0.05) is 25.2 Å². The highest BCUT2D eigenvalue weighted by Crippen LogP contribution is 2.16. The molecule has 4 heteroatoms. The summed E-state index contributed by atoms with van der Waals surface area (Å²) < 4.78 is 0. The van der Waals surface area contributed by atoms with Gasteiger partial charge in [0.25, 0.3) is 0 Å². The number of benzene rings is 1. The summed E-state index contributed by atoms with van der Waals surface area (Å²) in [6, 6.07) is 7.69. The van der Waals surface area contributed by atoms with Gasteiger partial charge in [0.2, 0.25) is 5.91 Å². The lowest BCUT2D eigenvalue weighted by molar-refractivity contribution is -0.138. The third-order valence-electron chi connectivity index (χ3n) is 3.09. The van der Waals surface area contributed by atoms with Crippen LogP contribution >= 0.6 is 11.6 Å². The molecule has 18 heavy (non-hydrogen) atoms. The monoisotopic (exact) mass is 268 g/mol. The van der Waals surface area contributed by atoms with Crippen LogP contribution in [0.3, 0.4) is 0 Å². The zero-order valence-corrected chi connectivity index (χ0v) is 12.0. The van der Waals surface area contributed by atoms with Crippen LogP contribution in [0.1, 0.15) is 19.4 Å². The first-order chi connectivity index (χ1) is 8.36. The van der Waals surface area contributed by atoms with Gasteiger partial charge in [0.05, 0.1) is 5.41 Å². The lowest BCUT2D eigenvalue weighted by Crippen LogP contribution is -2.43. The van der Waals surface area contributed by atoms with E-state index in [0.29, 0.717) is 13.1 Å². The number of halogens is 1. The van der Waals surface area contributed by atoms with Crippen molar-refractivity contribution in [3.05, 3.63) is 34.9 Å². The van der Waals surface area contributed by atoms with Crippen molar-refractivity contribution >= 4 is 17.5 Å². The fourth-order valence-electron chi connectivity index (χ4n) is 1.65. The number of likely N-dealkylation sites (N-methyl/N-ethyl adjacent to an activating group) is 1. The summed E-state index contributed by atoms with van der Waals surface area (Å²) in [6.07, 6.45) is 0.820. The van der Waals surface area contributed by atoms with E-state index in [2.05, 4.69) is 0 Å². The molecule has 2 N–H and O–H groups in total. The minimum absolute atomic E-state index is 0.0824. The second-order valence-electron chi connectivity index (χ2n) is 5.19. The molecule has 0 atom stereocenters. The Hall–Kier alpha value is -1.06. The van der Waals surface area contributed by atoms with Crippen LogP contribution in [0, 0.1) is 5.41 Å². The molecule has 3 nitrogen and oxygen atoms in total. The molecule has 1 aromatic rings. The van der Waals surface area contributed by atoms with E-state index in [9.17, 15) is 4.79 Å². The van der Waals surface area contributed by atoms with Gasteiger partial charge in [-0.3, -0.25) is 4.79 Å². The molecule has 0 aliphatic carbocycles. The Morgan fingerprint density at radius 3 is 2.39 bits per heavy atom. The van der Waals surface area contributed by atoms with E-state index in [0.717, 1.165) is 11.4 Å². The fraction of sp³-hybridized carbons (Fsp3) is 0.500. The van der Waals surface area contributed by atoms with E-state index >= 15 is 0 Å². The maximum absolute atomic E-state index is 12.1. The van der Waals surface area contributed by atoms with Crippen molar-refractivity contribution in [3.8, 4) is 0 Å². The molecule has 0 heterocycles. The van der Waals surface area contributed by atoms with Crippen molar-refractivity contribution in [2.75, 3.05) is 20.1 Å². The molecule has 1 rings (SSSR count). The standard InChI is InChI=1S/C14H21ClN2O/c1-14(2,10-16)13(18)17(3)9-8-11-4-6-12(15)7-5-11/h4-7H,8-10,16H2,1-3H3. The molecule has 0 radical (unpaired) electrons. The number of rotatable bonds is 5. The zero-order chi connectivity index (χ0) is 13.8. The van der Waals surface area contributed by atoms with Gasteiger partial charge >= 0.3 is 0 Å². The molecule has 0 bridgehead atoms. The topological polar surface area (TPSA) is 46.3 Å². The quantitative estimate of drug-likeness (QED) is 0.891. The van der Waals surface area contributed by atoms with E-state index in [-0.39, 0.29) is 5.91 Å². The van der Waals surface area contributed by atoms with Crippen molar-refractivity contribution in [2.45, 2.75) is 20.3 Å². The van der Waals surface area contributed by atoms with Crippen molar-refractivity contribution in [3.63, 3.8) is 0 Å². The molecule has 0 fully saturated rings. The summed E-state index contributed by atoms with van der Waals surface area (Å²) in [7, 11) is 1.82. The van der Waals surface area contributed by atoms with Gasteiger partial charge in [-0.1, -0.05) is 23.7 Å². The Bertz CT molecular complexity index is 401. The number of carbonyl (C=O) groups is 1. The van der Waals surface area contributed by atoms with Gasteiger partial charge in [0.1, 0.15) is 0 Å². The molecular formula is C14H21ClN2O. The Morgan fingerprint density at radius 2 is 1.89 bits per heavy atom. The summed E-state index contributed by atoms with van der Waals surface area (Å²) in [5.41, 5.74) is 6.29. The van der Waals surface area contributed by atoms with Crippen LogP contribution in [0.2, 0.25) is 5.02 Å². The van der Waals surface area contributed by atoms with Crippen LogP contribution < -0.4 is 5.73 Å². The first kappa shape index (κ1) is 15.0. The predicted octanol–water partition coefficient (Wildman–Crippen LogP) is 2.33. The number of carbonyl (C=O) groups excluding carboxylic acids is 1. The highest BCUT2D eigenvalue weighted by atomic mass is 35.5. The second kappa shape index (κ2) is 6.21. The molecule has 1 aromatic carbocycles. The Morgan fingerprint density at radius 1 is 1.33 bits per heavy atom. The molecule has 0 saturated carbocycles. The zero-order valence-electron chi connectivity index (χ0n) is 11.2. The molecular weight excluding hydrogens is 248 g/mol. The normalized spacial score (nSPS) is 11.4. The number of nitrogens with two attached hydrogens (primary N) is 1. The van der Waals surface area contributed by atoms with Crippen LogP contribution in [0.25, 0.3) is 0 Å². The summed E-state index contributed by atoms with van der Waals surface area (Å²) >= 11 is 5.83. The van der Waals surface area contributed by atoms with Gasteiger partial charge in [0.15, 0.2) is 0 Å². The van der Waals surface area contributed by atoms with E-state index in [1.54, 1.807) is 4.90 Å². The summed E-state index contributed by atoms with van der Waals surface area (Å²) in [5, 5.41) is 0.729. The van der Waals surface area contributed by atoms with Crippen LogP contribution in [-0.2, 0) is 11.2 Å².